The van der Waals surface area contributed by atoms with E-state index in [0.29, 0.717) is 23.1 Å². The predicted molar refractivity (Wildman–Crippen MR) is 108 cm³/mol. The van der Waals surface area contributed by atoms with Crippen LogP contribution in [0.1, 0.15) is 49.6 Å². The van der Waals surface area contributed by atoms with E-state index in [2.05, 4.69) is 12.2 Å². The van der Waals surface area contributed by atoms with E-state index in [-0.39, 0.29) is 5.91 Å². The van der Waals surface area contributed by atoms with Crippen molar-refractivity contribution in [3.8, 4) is 11.3 Å². The Bertz CT molecular complexity index is 870. The number of carbonyl (C=O) groups is 1. The Kier molecular flexibility index (Phi) is 6.35. The van der Waals surface area contributed by atoms with Crippen LogP contribution in [0.5, 0.6) is 0 Å². The van der Waals surface area contributed by atoms with Gasteiger partial charge in [-0.05, 0) is 24.6 Å². The van der Waals surface area contributed by atoms with Crippen LogP contribution in [0, 0.1) is 0 Å². The monoisotopic (exact) mass is 369 g/mol. The number of rotatable bonds is 8. The maximum absolute atomic E-state index is 12.6. The molecule has 4 heteroatoms. The van der Waals surface area contributed by atoms with Gasteiger partial charge in [-0.1, -0.05) is 74.5 Å². The summed E-state index contributed by atoms with van der Waals surface area (Å²) in [6, 6.07) is 15.3. The smallest absolute Gasteiger partial charge is 0.287 e. The second kappa shape index (κ2) is 8.91. The van der Waals surface area contributed by atoms with E-state index < -0.39 is 0 Å². The lowest BCUT2D eigenvalue weighted by atomic mass is 10.1. The molecule has 0 saturated carbocycles. The minimum absolute atomic E-state index is 0.171. The summed E-state index contributed by atoms with van der Waals surface area (Å²) in [6.07, 6.45) is 5.81. The van der Waals surface area contributed by atoms with Crippen molar-refractivity contribution in [3.05, 3.63) is 59.3 Å². The van der Waals surface area contributed by atoms with Gasteiger partial charge < -0.3 is 9.73 Å². The Hall–Kier alpha value is -2.26. The number of fused-ring (bicyclic) bond motifs is 1. The SMILES string of the molecule is CCCCCCCNC(=O)c1oc(-c2ccccc2)c2cc(Cl)ccc12. The van der Waals surface area contributed by atoms with Gasteiger partial charge in [0.05, 0.1) is 0 Å². The van der Waals surface area contributed by atoms with Gasteiger partial charge in [-0.2, -0.15) is 0 Å². The second-order valence-electron chi connectivity index (χ2n) is 6.49. The molecular weight excluding hydrogens is 346 g/mol. The number of benzene rings is 2. The standard InChI is InChI=1S/C22H24ClNO2/c1-2-3-4-5-9-14-24-22(25)21-18-13-12-17(23)15-19(18)20(26-21)16-10-7-6-8-11-16/h6-8,10-13,15H,2-5,9,14H2,1H3,(H,24,25). The second-order valence-corrected chi connectivity index (χ2v) is 6.92. The van der Waals surface area contributed by atoms with Crippen molar-refractivity contribution < 1.29 is 9.21 Å². The van der Waals surface area contributed by atoms with E-state index >= 15 is 0 Å². The average molecular weight is 370 g/mol. The zero-order chi connectivity index (χ0) is 18.4. The average Bonchev–Trinajstić information content (AvgIpc) is 3.04. The molecule has 2 aromatic carbocycles. The van der Waals surface area contributed by atoms with Crippen LogP contribution < -0.4 is 5.32 Å². The Morgan fingerprint density at radius 2 is 1.77 bits per heavy atom. The maximum Gasteiger partial charge on any atom is 0.287 e. The highest BCUT2D eigenvalue weighted by Gasteiger charge is 2.20. The summed E-state index contributed by atoms with van der Waals surface area (Å²) in [5.41, 5.74) is 0.929. The Balaban J connectivity index is 1.81. The number of halogens is 1. The molecule has 0 atom stereocenters. The van der Waals surface area contributed by atoms with Gasteiger partial charge in [0.1, 0.15) is 5.76 Å². The van der Waals surface area contributed by atoms with Crippen LogP contribution in [-0.4, -0.2) is 12.5 Å². The molecule has 3 nitrogen and oxygen atoms in total. The highest BCUT2D eigenvalue weighted by atomic mass is 35.5. The van der Waals surface area contributed by atoms with Crippen LogP contribution in [0.3, 0.4) is 0 Å². The molecular formula is C22H24ClNO2. The van der Waals surface area contributed by atoms with Crippen LogP contribution in [0.2, 0.25) is 5.02 Å². The molecule has 1 heterocycles. The van der Waals surface area contributed by atoms with Crippen molar-refractivity contribution in [2.24, 2.45) is 0 Å². The summed E-state index contributed by atoms with van der Waals surface area (Å²) in [4.78, 5) is 12.6. The van der Waals surface area contributed by atoms with Gasteiger partial charge in [0.15, 0.2) is 5.76 Å². The van der Waals surface area contributed by atoms with Crippen molar-refractivity contribution in [2.45, 2.75) is 39.0 Å². The third-order valence-electron chi connectivity index (χ3n) is 4.48. The van der Waals surface area contributed by atoms with Crippen LogP contribution in [-0.2, 0) is 0 Å². The van der Waals surface area contributed by atoms with E-state index in [4.69, 9.17) is 16.0 Å². The van der Waals surface area contributed by atoms with Crippen LogP contribution in [0.25, 0.3) is 22.1 Å². The molecule has 26 heavy (non-hydrogen) atoms. The lowest BCUT2D eigenvalue weighted by Crippen LogP contribution is -2.24. The third-order valence-corrected chi connectivity index (χ3v) is 4.72. The maximum atomic E-state index is 12.6. The summed E-state index contributed by atoms with van der Waals surface area (Å²) in [5, 5.41) is 5.25. The van der Waals surface area contributed by atoms with E-state index in [1.165, 1.54) is 19.3 Å². The van der Waals surface area contributed by atoms with Gasteiger partial charge in [-0.15, -0.1) is 0 Å². The molecule has 1 aromatic heterocycles. The first kappa shape index (κ1) is 18.5. The van der Waals surface area contributed by atoms with Crippen LogP contribution in [0.15, 0.2) is 52.9 Å². The molecule has 0 aliphatic carbocycles. The molecule has 0 aliphatic heterocycles. The number of carbonyl (C=O) groups excluding carboxylic acids is 1. The molecule has 0 bridgehead atoms. The first-order valence-electron chi connectivity index (χ1n) is 9.26. The number of hydrogen-bond acceptors (Lipinski definition) is 2. The lowest BCUT2D eigenvalue weighted by molar-refractivity contribution is 0.0928. The first-order chi connectivity index (χ1) is 12.7. The zero-order valence-corrected chi connectivity index (χ0v) is 15.8. The fourth-order valence-electron chi connectivity index (χ4n) is 3.10. The molecule has 1 amide bonds. The zero-order valence-electron chi connectivity index (χ0n) is 15.1. The van der Waals surface area contributed by atoms with E-state index in [1.54, 1.807) is 6.07 Å². The van der Waals surface area contributed by atoms with Crippen molar-refractivity contribution in [3.63, 3.8) is 0 Å². The van der Waals surface area contributed by atoms with Crippen molar-refractivity contribution in [1.29, 1.82) is 0 Å². The topological polar surface area (TPSA) is 42.2 Å². The molecule has 0 saturated heterocycles. The van der Waals surface area contributed by atoms with Crippen LogP contribution >= 0.6 is 11.6 Å². The van der Waals surface area contributed by atoms with E-state index in [9.17, 15) is 4.79 Å². The van der Waals surface area contributed by atoms with Crippen molar-refractivity contribution >= 4 is 28.3 Å². The molecule has 0 unspecified atom stereocenters. The molecule has 3 rings (SSSR count). The summed E-state index contributed by atoms with van der Waals surface area (Å²) in [6.45, 7) is 2.86. The Morgan fingerprint density at radius 3 is 2.54 bits per heavy atom. The summed E-state index contributed by atoms with van der Waals surface area (Å²) < 4.78 is 5.99. The van der Waals surface area contributed by atoms with Gasteiger partial charge in [0, 0.05) is 27.9 Å². The molecule has 0 radical (unpaired) electrons. The highest BCUT2D eigenvalue weighted by molar-refractivity contribution is 6.31. The minimum atomic E-state index is -0.171. The summed E-state index contributed by atoms with van der Waals surface area (Å²) >= 11 is 6.17. The van der Waals surface area contributed by atoms with Crippen LogP contribution in [0.4, 0.5) is 0 Å². The first-order valence-corrected chi connectivity index (χ1v) is 9.64. The quantitative estimate of drug-likeness (QED) is 0.463. The summed E-state index contributed by atoms with van der Waals surface area (Å²) in [7, 11) is 0. The van der Waals surface area contributed by atoms with E-state index in [0.717, 1.165) is 29.2 Å². The van der Waals surface area contributed by atoms with Crippen molar-refractivity contribution in [1.82, 2.24) is 5.32 Å². The van der Waals surface area contributed by atoms with Gasteiger partial charge in [0.25, 0.3) is 5.91 Å². The molecule has 3 aromatic rings. The number of unbranched alkanes of at least 4 members (excludes halogenated alkanes) is 4. The molecule has 1 N–H and O–H groups in total. The molecule has 0 spiro atoms. The molecule has 136 valence electrons. The minimum Gasteiger partial charge on any atom is -0.450 e. The van der Waals surface area contributed by atoms with Gasteiger partial charge in [0.2, 0.25) is 0 Å². The van der Waals surface area contributed by atoms with Gasteiger partial charge in [-0.3, -0.25) is 4.79 Å². The lowest BCUT2D eigenvalue weighted by Gasteiger charge is -2.03. The fraction of sp³-hybridized carbons (Fsp3) is 0.318. The Morgan fingerprint density at radius 1 is 1.00 bits per heavy atom. The molecule has 0 fully saturated rings. The predicted octanol–water partition coefficient (Wildman–Crippen LogP) is 6.45. The number of amides is 1. The van der Waals surface area contributed by atoms with Gasteiger partial charge >= 0.3 is 0 Å². The normalized spacial score (nSPS) is 11.0. The number of furan rings is 1. The number of nitrogens with one attached hydrogen (secondary N) is 1. The highest BCUT2D eigenvalue weighted by Crippen LogP contribution is 2.35. The number of hydrogen-bond donors (Lipinski definition) is 1. The Labute approximate surface area is 159 Å². The third kappa shape index (κ3) is 4.28. The van der Waals surface area contributed by atoms with Crippen molar-refractivity contribution in [2.75, 3.05) is 6.54 Å². The fourth-order valence-corrected chi connectivity index (χ4v) is 3.27. The largest absolute Gasteiger partial charge is 0.450 e. The molecule has 0 aliphatic rings. The summed E-state index contributed by atoms with van der Waals surface area (Å²) in [5.74, 6) is 0.857. The van der Waals surface area contributed by atoms with Gasteiger partial charge in [-0.25, -0.2) is 0 Å². The van der Waals surface area contributed by atoms with E-state index in [1.807, 2.05) is 42.5 Å².